The van der Waals surface area contributed by atoms with Gasteiger partial charge in [0.1, 0.15) is 17.7 Å². The molecule has 2 saturated heterocycles. The Morgan fingerprint density at radius 2 is 1.89 bits per heavy atom. The van der Waals surface area contributed by atoms with Crippen molar-refractivity contribution < 1.29 is 31.9 Å². The predicted octanol–water partition coefficient (Wildman–Crippen LogP) is 3.72. The first-order chi connectivity index (χ1) is 20.8. The number of para-hydroxylation sites is 1. The fourth-order valence-electron chi connectivity index (χ4n) is 6.20. The minimum absolute atomic E-state index is 0.0263. The molecule has 1 aromatic carbocycles. The molecule has 2 aromatic heterocycles. The minimum atomic E-state index is -4.68. The Morgan fingerprint density at radius 3 is 2.59 bits per heavy atom. The van der Waals surface area contributed by atoms with Crippen LogP contribution in [0.15, 0.2) is 55.3 Å². The number of carbonyl (C=O) groups is 3. The maximum absolute atomic E-state index is 15.5. The van der Waals surface area contributed by atoms with Gasteiger partial charge in [0.25, 0.3) is 0 Å². The monoisotopic (exact) mass is 611 g/mol. The van der Waals surface area contributed by atoms with Crippen LogP contribution in [-0.2, 0) is 27.1 Å². The molecule has 3 aromatic rings. The number of nitrogens with zero attached hydrogens (tertiary/aromatic N) is 7. The van der Waals surface area contributed by atoms with Crippen LogP contribution in [0, 0.1) is 18.7 Å². The average molecular weight is 612 g/mol. The molecule has 0 unspecified atom stereocenters. The number of benzene rings is 1. The van der Waals surface area contributed by atoms with Crippen LogP contribution in [0.4, 0.5) is 34.8 Å². The van der Waals surface area contributed by atoms with Crippen LogP contribution in [-0.4, -0.2) is 70.1 Å². The lowest BCUT2D eigenvalue weighted by atomic mass is 9.95. The second kappa shape index (κ2) is 10.8. The summed E-state index contributed by atoms with van der Waals surface area (Å²) in [6.45, 7) is 6.02. The Balaban J connectivity index is 1.34. The highest BCUT2D eigenvalue weighted by molar-refractivity contribution is 6.10. The highest BCUT2D eigenvalue weighted by Crippen LogP contribution is 2.41. The summed E-state index contributed by atoms with van der Waals surface area (Å²) in [6, 6.07) is 6.58. The number of pyridine rings is 1. The number of rotatable bonds is 5. The van der Waals surface area contributed by atoms with Gasteiger partial charge in [-0.25, -0.2) is 9.37 Å². The van der Waals surface area contributed by atoms with Crippen LogP contribution < -0.4 is 14.7 Å². The van der Waals surface area contributed by atoms with Gasteiger partial charge in [0.05, 0.1) is 35.2 Å². The first-order valence-electron chi connectivity index (χ1n) is 14.0. The SMILES string of the molecule is C=CC(=O)N1CC(n2ccc(CN3C[C@H]4CC(=O)N(c5cc(C(F)(F)F)cc(C)n5)[C@@H]4C(=O)N(C)c4cccc(F)c43)n2)C1. The topological polar surface area (TPSA) is 94.9 Å². The largest absolute Gasteiger partial charge is 0.416 e. The van der Waals surface area contributed by atoms with Gasteiger partial charge in [-0.3, -0.25) is 24.0 Å². The van der Waals surface area contributed by atoms with E-state index in [0.717, 1.165) is 17.0 Å². The lowest BCUT2D eigenvalue weighted by Gasteiger charge is -2.39. The molecule has 44 heavy (non-hydrogen) atoms. The van der Waals surface area contributed by atoms with E-state index in [-0.39, 0.29) is 54.3 Å². The van der Waals surface area contributed by atoms with Crippen molar-refractivity contribution in [1.29, 1.82) is 0 Å². The van der Waals surface area contributed by atoms with Gasteiger partial charge >= 0.3 is 6.18 Å². The minimum Gasteiger partial charge on any atom is -0.361 e. The molecule has 6 rings (SSSR count). The van der Waals surface area contributed by atoms with E-state index in [1.54, 1.807) is 32.8 Å². The smallest absolute Gasteiger partial charge is 0.361 e. The number of hydrogen-bond acceptors (Lipinski definition) is 6. The fraction of sp³-hybridized carbons (Fsp3) is 0.367. The number of aromatic nitrogens is 3. The molecule has 2 fully saturated rings. The van der Waals surface area contributed by atoms with Crippen molar-refractivity contribution in [2.75, 3.05) is 41.4 Å². The zero-order valence-electron chi connectivity index (χ0n) is 24.0. The molecular formula is C30H29F4N7O3. The molecule has 0 radical (unpaired) electrons. The normalized spacial score (nSPS) is 20.7. The number of fused-ring (bicyclic) bond motifs is 2. The van der Waals surface area contributed by atoms with Crippen molar-refractivity contribution in [3.05, 3.63) is 78.0 Å². The summed E-state index contributed by atoms with van der Waals surface area (Å²) in [5.74, 6) is -2.79. The summed E-state index contributed by atoms with van der Waals surface area (Å²) in [5, 5.41) is 4.66. The Hall–Kier alpha value is -4.75. The number of likely N-dealkylation sites (tertiary alicyclic amines) is 1. The molecule has 0 saturated carbocycles. The maximum Gasteiger partial charge on any atom is 0.416 e. The Morgan fingerprint density at radius 1 is 1.14 bits per heavy atom. The fourth-order valence-corrected chi connectivity index (χ4v) is 6.20. The quantitative estimate of drug-likeness (QED) is 0.323. The van der Waals surface area contributed by atoms with E-state index in [4.69, 9.17) is 0 Å². The standard InChI is InChI=1S/C30H29F4N7O3/c1-4-25(42)38-15-21(16-38)40-9-8-20(36-40)14-39-13-18-11-26(43)41(24-12-19(30(32,33)34)10-17(2)35-24)27(18)29(44)37(3)23-7-5-6-22(31)28(23)39/h4-10,12,18,21,27H,1,11,13-16H2,2-3H3/t18-,27+/m1/s1. The second-order valence-electron chi connectivity index (χ2n) is 11.3. The van der Waals surface area contributed by atoms with E-state index in [0.29, 0.717) is 18.8 Å². The average Bonchev–Trinajstić information content (AvgIpc) is 3.52. The predicted molar refractivity (Wildman–Crippen MR) is 152 cm³/mol. The molecule has 230 valence electrons. The van der Waals surface area contributed by atoms with Gasteiger partial charge in [0.15, 0.2) is 0 Å². The van der Waals surface area contributed by atoms with Gasteiger partial charge in [-0.1, -0.05) is 12.6 Å². The molecule has 2 atom stereocenters. The van der Waals surface area contributed by atoms with E-state index in [1.165, 1.54) is 37.1 Å². The number of carbonyl (C=O) groups excluding carboxylic acids is 3. The first kappa shape index (κ1) is 29.3. The number of alkyl halides is 3. The molecule has 5 heterocycles. The summed E-state index contributed by atoms with van der Waals surface area (Å²) < 4.78 is 58.2. The van der Waals surface area contributed by atoms with Crippen molar-refractivity contribution in [3.8, 4) is 0 Å². The lowest BCUT2D eigenvalue weighted by molar-refractivity contribution is -0.137. The summed E-state index contributed by atoms with van der Waals surface area (Å²) in [5.41, 5.74) is 0.0662. The molecular weight excluding hydrogens is 582 g/mol. The van der Waals surface area contributed by atoms with Gasteiger partial charge in [0.2, 0.25) is 17.7 Å². The van der Waals surface area contributed by atoms with E-state index in [9.17, 15) is 27.6 Å². The summed E-state index contributed by atoms with van der Waals surface area (Å²) >= 11 is 0. The van der Waals surface area contributed by atoms with Crippen LogP contribution in [0.2, 0.25) is 0 Å². The van der Waals surface area contributed by atoms with E-state index in [1.807, 2.05) is 0 Å². The van der Waals surface area contributed by atoms with E-state index in [2.05, 4.69) is 16.7 Å². The second-order valence-corrected chi connectivity index (χ2v) is 11.3. The lowest BCUT2D eigenvalue weighted by Crippen LogP contribution is -2.52. The van der Waals surface area contributed by atoms with Crippen molar-refractivity contribution in [1.82, 2.24) is 19.7 Å². The zero-order valence-corrected chi connectivity index (χ0v) is 24.0. The van der Waals surface area contributed by atoms with Crippen LogP contribution in [0.5, 0.6) is 0 Å². The summed E-state index contributed by atoms with van der Waals surface area (Å²) in [7, 11) is 1.45. The summed E-state index contributed by atoms with van der Waals surface area (Å²) in [6.07, 6.45) is -1.79. The van der Waals surface area contributed by atoms with Crippen molar-refractivity contribution >= 4 is 34.9 Å². The molecule has 10 nitrogen and oxygen atoms in total. The first-order valence-corrected chi connectivity index (χ1v) is 14.0. The van der Waals surface area contributed by atoms with Gasteiger partial charge in [-0.05, 0) is 43.3 Å². The maximum atomic E-state index is 15.5. The van der Waals surface area contributed by atoms with Crippen LogP contribution in [0.3, 0.4) is 0 Å². The number of anilines is 3. The molecule has 14 heteroatoms. The molecule has 3 aliphatic rings. The van der Waals surface area contributed by atoms with Gasteiger partial charge in [-0.2, -0.15) is 18.3 Å². The molecule has 3 aliphatic heterocycles. The van der Waals surface area contributed by atoms with Crippen molar-refractivity contribution in [3.63, 3.8) is 0 Å². The highest BCUT2D eigenvalue weighted by atomic mass is 19.4. The molecule has 0 bridgehead atoms. The number of halogens is 4. The number of aryl methyl sites for hydroxylation is 1. The molecule has 0 aliphatic carbocycles. The van der Waals surface area contributed by atoms with Crippen LogP contribution in [0.25, 0.3) is 0 Å². The number of amides is 3. The Kier molecular flexibility index (Phi) is 7.17. The van der Waals surface area contributed by atoms with Crippen molar-refractivity contribution in [2.45, 2.75) is 38.1 Å². The Labute approximate surface area is 250 Å². The van der Waals surface area contributed by atoms with E-state index < -0.39 is 41.3 Å². The number of likely N-dealkylation sites (N-methyl/N-ethyl adjacent to an activating group) is 1. The molecule has 0 N–H and O–H groups in total. The summed E-state index contributed by atoms with van der Waals surface area (Å²) in [4.78, 5) is 49.0. The highest BCUT2D eigenvalue weighted by Gasteiger charge is 2.49. The van der Waals surface area contributed by atoms with Gasteiger partial charge in [0, 0.05) is 50.9 Å². The third-order valence-corrected chi connectivity index (χ3v) is 8.36. The van der Waals surface area contributed by atoms with Gasteiger partial charge < -0.3 is 14.7 Å². The third-order valence-electron chi connectivity index (χ3n) is 8.36. The van der Waals surface area contributed by atoms with Crippen LogP contribution >= 0.6 is 0 Å². The van der Waals surface area contributed by atoms with Gasteiger partial charge in [-0.15, -0.1) is 0 Å². The third kappa shape index (κ3) is 5.07. The zero-order chi connectivity index (χ0) is 31.5. The molecule has 0 spiro atoms. The van der Waals surface area contributed by atoms with E-state index >= 15 is 4.39 Å². The Bertz CT molecular complexity index is 1670. The molecule has 3 amide bonds. The van der Waals surface area contributed by atoms with Crippen molar-refractivity contribution in [2.24, 2.45) is 5.92 Å². The van der Waals surface area contributed by atoms with Crippen LogP contribution in [0.1, 0.15) is 29.4 Å². The number of hydrogen-bond donors (Lipinski definition) is 0.